The molecule has 0 amide bonds. The number of para-hydroxylation sites is 1. The van der Waals surface area contributed by atoms with E-state index in [1.165, 1.54) is 13.5 Å². The number of ether oxygens (including phenoxy) is 2. The molecule has 0 spiro atoms. The molecule has 1 N–H and O–H groups in total. The molecular weight excluding hydrogens is 280 g/mol. The molecule has 0 heterocycles. The molecule has 0 aromatic heterocycles. The quantitative estimate of drug-likeness (QED) is 0.854. The third kappa shape index (κ3) is 3.54. The zero-order valence-electron chi connectivity index (χ0n) is 13.8. The summed E-state index contributed by atoms with van der Waals surface area (Å²) in [6, 6.07) is 4.86. The minimum absolute atomic E-state index is 0.0816. The molecule has 0 bridgehead atoms. The Hall–Kier alpha value is -1.71. The fraction of sp³-hybridized carbons (Fsp3) is 0.611. The SMILES string of the molecule is COc1cccc(C(=O)OC2CC(C)CCC2C(C)C)c1O. The summed E-state index contributed by atoms with van der Waals surface area (Å²) < 4.78 is 10.8. The van der Waals surface area contributed by atoms with Crippen LogP contribution in [0.4, 0.5) is 0 Å². The van der Waals surface area contributed by atoms with Crippen molar-refractivity contribution < 1.29 is 19.4 Å². The van der Waals surface area contributed by atoms with Gasteiger partial charge in [0.25, 0.3) is 0 Å². The lowest BCUT2D eigenvalue weighted by molar-refractivity contribution is -0.0176. The normalized spacial score (nSPS) is 25.0. The molecule has 22 heavy (non-hydrogen) atoms. The highest BCUT2D eigenvalue weighted by Gasteiger charge is 2.34. The van der Waals surface area contributed by atoms with Crippen LogP contribution < -0.4 is 4.74 Å². The molecule has 2 rings (SSSR count). The van der Waals surface area contributed by atoms with E-state index in [0.717, 1.165) is 12.8 Å². The summed E-state index contributed by atoms with van der Waals surface area (Å²) in [5.74, 6) is 1.08. The van der Waals surface area contributed by atoms with Crippen LogP contribution in [0.5, 0.6) is 11.5 Å². The number of esters is 1. The van der Waals surface area contributed by atoms with Crippen molar-refractivity contribution >= 4 is 5.97 Å². The van der Waals surface area contributed by atoms with Crippen molar-refractivity contribution in [1.29, 1.82) is 0 Å². The van der Waals surface area contributed by atoms with Gasteiger partial charge in [-0.2, -0.15) is 0 Å². The molecule has 3 unspecified atom stereocenters. The molecule has 1 saturated carbocycles. The summed E-state index contributed by atoms with van der Waals surface area (Å²) in [6.45, 7) is 6.54. The Morgan fingerprint density at radius 1 is 1.32 bits per heavy atom. The van der Waals surface area contributed by atoms with Gasteiger partial charge in [0.15, 0.2) is 11.5 Å². The zero-order chi connectivity index (χ0) is 16.3. The maximum Gasteiger partial charge on any atom is 0.342 e. The Kier molecular flexibility index (Phi) is 5.33. The van der Waals surface area contributed by atoms with Crippen LogP contribution in [0.15, 0.2) is 18.2 Å². The summed E-state index contributed by atoms with van der Waals surface area (Å²) >= 11 is 0. The van der Waals surface area contributed by atoms with E-state index in [9.17, 15) is 9.90 Å². The van der Waals surface area contributed by atoms with E-state index in [1.54, 1.807) is 18.2 Å². The smallest absolute Gasteiger partial charge is 0.342 e. The first-order valence-electron chi connectivity index (χ1n) is 8.01. The number of hydrogen-bond acceptors (Lipinski definition) is 4. The maximum absolute atomic E-state index is 12.4. The van der Waals surface area contributed by atoms with Crippen molar-refractivity contribution in [2.24, 2.45) is 17.8 Å². The highest BCUT2D eigenvalue weighted by Crippen LogP contribution is 2.37. The van der Waals surface area contributed by atoms with E-state index < -0.39 is 5.97 Å². The van der Waals surface area contributed by atoms with Gasteiger partial charge in [0.2, 0.25) is 0 Å². The number of carbonyl (C=O) groups is 1. The van der Waals surface area contributed by atoms with E-state index in [4.69, 9.17) is 9.47 Å². The van der Waals surface area contributed by atoms with Crippen molar-refractivity contribution in [2.45, 2.75) is 46.1 Å². The molecule has 3 atom stereocenters. The average molecular weight is 306 g/mol. The van der Waals surface area contributed by atoms with Gasteiger partial charge in [0.1, 0.15) is 11.7 Å². The summed E-state index contributed by atoms with van der Waals surface area (Å²) in [5, 5.41) is 10.1. The van der Waals surface area contributed by atoms with Gasteiger partial charge in [-0.3, -0.25) is 0 Å². The monoisotopic (exact) mass is 306 g/mol. The highest BCUT2D eigenvalue weighted by molar-refractivity contribution is 5.93. The van der Waals surface area contributed by atoms with Gasteiger partial charge in [0, 0.05) is 0 Å². The molecule has 4 nitrogen and oxygen atoms in total. The Morgan fingerprint density at radius 2 is 2.05 bits per heavy atom. The van der Waals surface area contributed by atoms with E-state index >= 15 is 0 Å². The van der Waals surface area contributed by atoms with Crippen LogP contribution in [-0.2, 0) is 4.74 Å². The number of hydrogen-bond donors (Lipinski definition) is 1. The lowest BCUT2D eigenvalue weighted by atomic mass is 9.75. The van der Waals surface area contributed by atoms with Crippen LogP contribution in [0.1, 0.15) is 50.4 Å². The fourth-order valence-electron chi connectivity index (χ4n) is 3.30. The highest BCUT2D eigenvalue weighted by atomic mass is 16.5. The molecular formula is C18H26O4. The third-order valence-electron chi connectivity index (χ3n) is 4.66. The minimum atomic E-state index is -0.471. The molecule has 122 valence electrons. The summed E-state index contributed by atoms with van der Waals surface area (Å²) in [6.07, 6.45) is 3.07. The van der Waals surface area contributed by atoms with Crippen LogP contribution in [-0.4, -0.2) is 24.3 Å². The van der Waals surface area contributed by atoms with Crippen molar-refractivity contribution in [3.8, 4) is 11.5 Å². The van der Waals surface area contributed by atoms with Crippen molar-refractivity contribution in [1.82, 2.24) is 0 Å². The van der Waals surface area contributed by atoms with Gasteiger partial charge >= 0.3 is 5.97 Å². The molecule has 1 aliphatic carbocycles. The molecule has 0 radical (unpaired) electrons. The van der Waals surface area contributed by atoms with Crippen LogP contribution in [0, 0.1) is 17.8 Å². The molecule has 1 aromatic carbocycles. The van der Waals surface area contributed by atoms with Crippen LogP contribution in [0.25, 0.3) is 0 Å². The lowest BCUT2D eigenvalue weighted by Crippen LogP contribution is -2.35. The summed E-state index contributed by atoms with van der Waals surface area (Å²) in [5.41, 5.74) is 0.167. The number of aromatic hydroxyl groups is 1. The van der Waals surface area contributed by atoms with Gasteiger partial charge < -0.3 is 14.6 Å². The Morgan fingerprint density at radius 3 is 2.68 bits per heavy atom. The van der Waals surface area contributed by atoms with Gasteiger partial charge in [-0.15, -0.1) is 0 Å². The number of rotatable bonds is 4. The second-order valence-corrected chi connectivity index (χ2v) is 6.63. The van der Waals surface area contributed by atoms with E-state index in [2.05, 4.69) is 20.8 Å². The molecule has 1 aromatic rings. The van der Waals surface area contributed by atoms with E-state index in [0.29, 0.717) is 17.8 Å². The topological polar surface area (TPSA) is 55.8 Å². The number of benzene rings is 1. The van der Waals surface area contributed by atoms with E-state index in [-0.39, 0.29) is 23.2 Å². The van der Waals surface area contributed by atoms with Gasteiger partial charge in [0.05, 0.1) is 7.11 Å². The first-order chi connectivity index (χ1) is 10.4. The minimum Gasteiger partial charge on any atom is -0.504 e. The second kappa shape index (κ2) is 7.03. The Balaban J connectivity index is 2.16. The van der Waals surface area contributed by atoms with Crippen LogP contribution >= 0.6 is 0 Å². The van der Waals surface area contributed by atoms with E-state index in [1.807, 2.05) is 0 Å². The lowest BCUT2D eigenvalue weighted by Gasteiger charge is -2.36. The van der Waals surface area contributed by atoms with Gasteiger partial charge in [-0.05, 0) is 42.7 Å². The van der Waals surface area contributed by atoms with Crippen LogP contribution in [0.2, 0.25) is 0 Å². The third-order valence-corrected chi connectivity index (χ3v) is 4.66. The molecule has 1 fully saturated rings. The second-order valence-electron chi connectivity index (χ2n) is 6.63. The zero-order valence-corrected chi connectivity index (χ0v) is 13.8. The van der Waals surface area contributed by atoms with Crippen molar-refractivity contribution in [2.75, 3.05) is 7.11 Å². The van der Waals surface area contributed by atoms with Gasteiger partial charge in [-0.25, -0.2) is 4.79 Å². The van der Waals surface area contributed by atoms with Crippen LogP contribution in [0.3, 0.4) is 0 Å². The number of phenolic OH excluding ortho intramolecular Hbond substituents is 1. The fourth-order valence-corrected chi connectivity index (χ4v) is 3.30. The number of phenols is 1. The molecule has 4 heteroatoms. The standard InChI is InChI=1S/C18H26O4/c1-11(2)13-9-8-12(3)10-16(13)22-18(20)14-6-5-7-15(21-4)17(14)19/h5-7,11-13,16,19H,8-10H2,1-4H3. The van der Waals surface area contributed by atoms with Gasteiger partial charge in [-0.1, -0.05) is 33.3 Å². The number of carbonyl (C=O) groups excluding carboxylic acids is 1. The summed E-state index contributed by atoms with van der Waals surface area (Å²) in [7, 11) is 1.46. The Bertz CT molecular complexity index is 524. The largest absolute Gasteiger partial charge is 0.504 e. The predicted molar refractivity (Wildman–Crippen MR) is 85.2 cm³/mol. The predicted octanol–water partition coefficient (Wildman–Crippen LogP) is 4.02. The average Bonchev–Trinajstić information content (AvgIpc) is 2.47. The number of methoxy groups -OCH3 is 1. The van der Waals surface area contributed by atoms with Crippen molar-refractivity contribution in [3.05, 3.63) is 23.8 Å². The first kappa shape index (κ1) is 16.7. The summed E-state index contributed by atoms with van der Waals surface area (Å²) in [4.78, 5) is 12.4. The maximum atomic E-state index is 12.4. The molecule has 0 saturated heterocycles. The first-order valence-corrected chi connectivity index (χ1v) is 8.01. The Labute approximate surface area is 132 Å². The molecule has 1 aliphatic rings. The molecule has 0 aliphatic heterocycles. The van der Waals surface area contributed by atoms with Crippen molar-refractivity contribution in [3.63, 3.8) is 0 Å².